The predicted octanol–water partition coefficient (Wildman–Crippen LogP) is 3.93. The van der Waals surface area contributed by atoms with Crippen LogP contribution in [0.1, 0.15) is 49.3 Å². The summed E-state index contributed by atoms with van der Waals surface area (Å²) in [4.78, 5) is 18.7. The predicted molar refractivity (Wildman–Crippen MR) is 134 cm³/mol. The molecule has 6 heteroatoms. The second-order valence-corrected chi connectivity index (χ2v) is 9.07. The first-order chi connectivity index (χ1) is 16.1. The summed E-state index contributed by atoms with van der Waals surface area (Å²) < 4.78 is 5.70. The number of anilines is 1. The van der Waals surface area contributed by atoms with Crippen LogP contribution >= 0.6 is 0 Å². The Hall–Kier alpha value is -2.86. The van der Waals surface area contributed by atoms with Crippen molar-refractivity contribution >= 4 is 17.6 Å². The monoisotopic (exact) mass is 448 g/mol. The van der Waals surface area contributed by atoms with Crippen LogP contribution in [-0.4, -0.2) is 44.7 Å². The Morgan fingerprint density at radius 2 is 1.85 bits per heavy atom. The first-order valence-electron chi connectivity index (χ1n) is 12.2. The highest BCUT2D eigenvalue weighted by Crippen LogP contribution is 2.36. The van der Waals surface area contributed by atoms with Crippen molar-refractivity contribution in [2.45, 2.75) is 51.5 Å². The van der Waals surface area contributed by atoms with Crippen molar-refractivity contribution in [3.05, 3.63) is 65.2 Å². The van der Waals surface area contributed by atoms with Crippen molar-refractivity contribution < 1.29 is 9.53 Å². The number of rotatable bonds is 7. The fourth-order valence-electron chi connectivity index (χ4n) is 4.94. The Labute approximate surface area is 197 Å². The van der Waals surface area contributed by atoms with Crippen molar-refractivity contribution in [1.82, 2.24) is 10.6 Å². The summed E-state index contributed by atoms with van der Waals surface area (Å²) >= 11 is 0. The van der Waals surface area contributed by atoms with Crippen LogP contribution in [0.25, 0.3) is 0 Å². The van der Waals surface area contributed by atoms with E-state index < -0.39 is 0 Å². The second-order valence-electron chi connectivity index (χ2n) is 9.07. The van der Waals surface area contributed by atoms with Crippen molar-refractivity contribution in [2.24, 2.45) is 4.99 Å². The molecule has 6 nitrogen and oxygen atoms in total. The zero-order valence-electron chi connectivity index (χ0n) is 19.9. The molecule has 2 aliphatic rings. The van der Waals surface area contributed by atoms with Crippen LogP contribution in [0.4, 0.5) is 5.69 Å². The molecule has 1 amide bonds. The Kier molecular flexibility index (Phi) is 7.65. The lowest BCUT2D eigenvalue weighted by Crippen LogP contribution is -2.48. The van der Waals surface area contributed by atoms with E-state index in [1.54, 1.807) is 0 Å². The minimum absolute atomic E-state index is 0.0453. The quantitative estimate of drug-likeness (QED) is 0.498. The second kappa shape index (κ2) is 10.8. The third-order valence-corrected chi connectivity index (χ3v) is 6.85. The lowest BCUT2D eigenvalue weighted by atomic mass is 9.72. The van der Waals surface area contributed by atoms with Gasteiger partial charge in [-0.15, -0.1) is 0 Å². The number of ether oxygens (including phenoxy) is 1. The smallest absolute Gasteiger partial charge is 0.227 e. The van der Waals surface area contributed by atoms with E-state index in [0.29, 0.717) is 13.0 Å². The van der Waals surface area contributed by atoms with Crippen LogP contribution < -0.4 is 15.5 Å². The fraction of sp³-hybridized carbons (Fsp3) is 0.481. The maximum Gasteiger partial charge on any atom is 0.227 e. The molecule has 0 saturated carbocycles. The minimum Gasteiger partial charge on any atom is -0.381 e. The van der Waals surface area contributed by atoms with Crippen molar-refractivity contribution in [3.63, 3.8) is 0 Å². The van der Waals surface area contributed by atoms with E-state index in [1.165, 1.54) is 11.1 Å². The number of carbonyl (C=O) groups excluding carboxylic acids is 1. The van der Waals surface area contributed by atoms with E-state index in [9.17, 15) is 4.79 Å². The molecular weight excluding hydrogens is 412 g/mol. The summed E-state index contributed by atoms with van der Waals surface area (Å²) in [5, 5.41) is 7.01. The standard InChI is InChI=1S/C27H36N4O2/c1-3-28-26(29-19-22-10-12-23(13-11-22)31-16-6-9-25(31)32)30-20-27(14-17-33-18-15-27)24-8-5-4-7-21(24)2/h4-5,7-8,10-13H,3,6,9,14-20H2,1-2H3,(H2,28,29,30). The summed E-state index contributed by atoms with van der Waals surface area (Å²) in [6, 6.07) is 16.9. The van der Waals surface area contributed by atoms with E-state index in [-0.39, 0.29) is 11.3 Å². The van der Waals surface area contributed by atoms with Crippen molar-refractivity contribution in [1.29, 1.82) is 0 Å². The summed E-state index contributed by atoms with van der Waals surface area (Å²) in [6.45, 7) is 8.90. The number of guanidine groups is 1. The molecule has 0 atom stereocenters. The lowest BCUT2D eigenvalue weighted by Gasteiger charge is -2.39. The van der Waals surface area contributed by atoms with Gasteiger partial charge in [-0.2, -0.15) is 0 Å². The summed E-state index contributed by atoms with van der Waals surface area (Å²) in [5.74, 6) is 1.05. The van der Waals surface area contributed by atoms with Crippen molar-refractivity contribution in [3.8, 4) is 0 Å². The van der Waals surface area contributed by atoms with Gasteiger partial charge in [0.05, 0.1) is 6.54 Å². The van der Waals surface area contributed by atoms with Gasteiger partial charge in [0.2, 0.25) is 5.91 Å². The highest BCUT2D eigenvalue weighted by molar-refractivity contribution is 5.95. The molecule has 0 aromatic heterocycles. The van der Waals surface area contributed by atoms with E-state index in [4.69, 9.17) is 9.73 Å². The number of aryl methyl sites for hydroxylation is 1. The molecule has 0 spiro atoms. The van der Waals surface area contributed by atoms with Gasteiger partial charge in [-0.3, -0.25) is 4.79 Å². The summed E-state index contributed by atoms with van der Waals surface area (Å²) in [5.41, 5.74) is 4.89. The molecule has 2 heterocycles. The summed E-state index contributed by atoms with van der Waals surface area (Å²) in [6.07, 6.45) is 3.60. The molecule has 0 aliphatic carbocycles. The molecule has 2 aromatic carbocycles. The largest absolute Gasteiger partial charge is 0.381 e. The minimum atomic E-state index is 0.0453. The molecule has 0 bridgehead atoms. The van der Waals surface area contributed by atoms with E-state index in [1.807, 2.05) is 17.0 Å². The molecule has 0 radical (unpaired) electrons. The number of benzene rings is 2. The molecule has 176 valence electrons. The van der Waals surface area contributed by atoms with E-state index in [2.05, 4.69) is 60.9 Å². The molecule has 4 rings (SSSR count). The number of nitrogens with zero attached hydrogens (tertiary/aromatic N) is 2. The maximum atomic E-state index is 12.0. The molecule has 2 aromatic rings. The molecular formula is C27H36N4O2. The first kappa shape index (κ1) is 23.3. The summed E-state index contributed by atoms with van der Waals surface area (Å²) in [7, 11) is 0. The van der Waals surface area contributed by atoms with Crippen molar-refractivity contribution in [2.75, 3.05) is 37.7 Å². The Balaban J connectivity index is 1.44. The van der Waals surface area contributed by atoms with Crippen LogP contribution in [0.5, 0.6) is 0 Å². The van der Waals surface area contributed by atoms with Gasteiger partial charge >= 0.3 is 0 Å². The van der Waals surface area contributed by atoms with Gasteiger partial charge in [0.15, 0.2) is 5.96 Å². The fourth-order valence-corrected chi connectivity index (χ4v) is 4.94. The number of aliphatic imine (C=N–C) groups is 1. The number of hydrogen-bond acceptors (Lipinski definition) is 3. The van der Waals surface area contributed by atoms with Crippen LogP contribution in [0, 0.1) is 6.92 Å². The molecule has 33 heavy (non-hydrogen) atoms. The van der Waals surface area contributed by atoms with Gasteiger partial charge < -0.3 is 20.3 Å². The number of carbonyl (C=O) groups is 1. The normalized spacial score (nSPS) is 18.4. The maximum absolute atomic E-state index is 12.0. The van der Waals surface area contributed by atoms with Gasteiger partial charge in [0, 0.05) is 50.4 Å². The Morgan fingerprint density at radius 3 is 2.52 bits per heavy atom. The third kappa shape index (κ3) is 5.56. The van der Waals surface area contributed by atoms with E-state index in [0.717, 1.165) is 69.3 Å². The number of hydrogen-bond donors (Lipinski definition) is 2. The number of amides is 1. The lowest BCUT2D eigenvalue weighted by molar-refractivity contribution is -0.117. The molecule has 0 unspecified atom stereocenters. The van der Waals surface area contributed by atoms with Gasteiger partial charge in [0.25, 0.3) is 0 Å². The zero-order chi connectivity index (χ0) is 23.1. The topological polar surface area (TPSA) is 66.0 Å². The van der Waals surface area contributed by atoms with Gasteiger partial charge in [-0.1, -0.05) is 36.4 Å². The average molecular weight is 449 g/mol. The number of nitrogens with one attached hydrogen (secondary N) is 2. The highest BCUT2D eigenvalue weighted by Gasteiger charge is 2.35. The van der Waals surface area contributed by atoms with Crippen LogP contribution in [0.3, 0.4) is 0 Å². The molecule has 2 fully saturated rings. The highest BCUT2D eigenvalue weighted by atomic mass is 16.5. The Morgan fingerprint density at radius 1 is 1.09 bits per heavy atom. The van der Waals surface area contributed by atoms with Gasteiger partial charge in [-0.05, 0) is 61.9 Å². The molecule has 2 aliphatic heterocycles. The average Bonchev–Trinajstić information content (AvgIpc) is 3.28. The van der Waals surface area contributed by atoms with E-state index >= 15 is 0 Å². The van der Waals surface area contributed by atoms with Gasteiger partial charge in [-0.25, -0.2) is 4.99 Å². The van der Waals surface area contributed by atoms with Gasteiger partial charge in [0.1, 0.15) is 0 Å². The van der Waals surface area contributed by atoms with Crippen LogP contribution in [0.2, 0.25) is 0 Å². The van der Waals surface area contributed by atoms with Crippen LogP contribution in [0.15, 0.2) is 53.5 Å². The SMILES string of the molecule is CCNC(=NCc1ccc(N2CCCC2=O)cc1)NCC1(c2ccccc2C)CCOCC1. The Bertz CT molecular complexity index is 964. The molecule has 2 N–H and O–H groups in total. The molecule has 2 saturated heterocycles. The third-order valence-electron chi connectivity index (χ3n) is 6.85. The zero-order valence-corrected chi connectivity index (χ0v) is 19.9. The van der Waals surface area contributed by atoms with Crippen LogP contribution in [-0.2, 0) is 21.5 Å². The first-order valence-corrected chi connectivity index (χ1v) is 12.2.